The zero-order valence-corrected chi connectivity index (χ0v) is 27.5. The molecule has 0 saturated heterocycles. The van der Waals surface area contributed by atoms with E-state index in [1.165, 1.54) is 24.3 Å². The molecule has 45 heavy (non-hydrogen) atoms. The zero-order chi connectivity index (χ0) is 34.4. The number of rotatable bonds is 6. The van der Waals surface area contributed by atoms with Crippen LogP contribution < -0.4 is 26.2 Å². The van der Waals surface area contributed by atoms with Crippen molar-refractivity contribution in [2.24, 2.45) is 0 Å². The minimum Gasteiger partial charge on any atom is -0.457 e. The average molecular weight is 673 g/mol. The van der Waals surface area contributed by atoms with Gasteiger partial charge in [0, 0.05) is 11.1 Å². The van der Waals surface area contributed by atoms with Gasteiger partial charge in [0.25, 0.3) is 20.0 Å². The molecule has 6 amide bonds. The Morgan fingerprint density at radius 3 is 1.11 bits per heavy atom. The van der Waals surface area contributed by atoms with Crippen LogP contribution in [0.4, 0.5) is 19.2 Å². The van der Waals surface area contributed by atoms with E-state index < -0.39 is 55.4 Å². The molecule has 0 radical (unpaired) electrons. The molecule has 0 saturated carbocycles. The first-order valence-electron chi connectivity index (χ1n) is 12.9. The molecule has 0 heterocycles. The van der Waals surface area contributed by atoms with Gasteiger partial charge in [-0.25, -0.2) is 30.0 Å². The van der Waals surface area contributed by atoms with Crippen LogP contribution in [0.2, 0.25) is 0 Å². The molecule has 0 unspecified atom stereocenters. The van der Waals surface area contributed by atoms with Gasteiger partial charge in [-0.2, -0.15) is 16.8 Å². The number of nitrogens with zero attached hydrogens (tertiary/aromatic N) is 2. The molecule has 0 aliphatic heterocycles. The summed E-state index contributed by atoms with van der Waals surface area (Å²) >= 11 is 0. The Labute approximate surface area is 261 Å². The third-order valence-corrected chi connectivity index (χ3v) is 8.26. The van der Waals surface area contributed by atoms with Gasteiger partial charge in [-0.3, -0.25) is 0 Å². The fourth-order valence-electron chi connectivity index (χ4n) is 3.15. The predicted octanol–water partition coefficient (Wildman–Crippen LogP) is 3.02. The van der Waals surface area contributed by atoms with E-state index in [9.17, 15) is 36.0 Å². The first-order valence-corrected chi connectivity index (χ1v) is 15.8. The number of sulfonamides is 2. The van der Waals surface area contributed by atoms with Gasteiger partial charge >= 0.3 is 24.2 Å². The van der Waals surface area contributed by atoms with Crippen molar-refractivity contribution in [3.8, 4) is 11.5 Å². The van der Waals surface area contributed by atoms with Crippen LogP contribution in [0.1, 0.15) is 41.5 Å². The lowest BCUT2D eigenvalue weighted by atomic mass is 10.1. The van der Waals surface area contributed by atoms with E-state index in [2.05, 4.69) is 20.1 Å². The number of carbonyl (C=O) groups is 4. The summed E-state index contributed by atoms with van der Waals surface area (Å²) in [5, 5.41) is 4.87. The van der Waals surface area contributed by atoms with Gasteiger partial charge in [-0.15, -0.1) is 8.83 Å². The monoisotopic (exact) mass is 672 g/mol. The summed E-state index contributed by atoms with van der Waals surface area (Å²) in [6.45, 7) is 9.67. The Morgan fingerprint density at radius 1 is 0.578 bits per heavy atom. The number of carbonyl (C=O) groups excluding carboxylic acids is 4. The largest absolute Gasteiger partial charge is 0.457 e. The van der Waals surface area contributed by atoms with Crippen LogP contribution in [0.25, 0.3) is 0 Å². The summed E-state index contributed by atoms with van der Waals surface area (Å²) in [6, 6.07) is 7.21. The molecule has 0 aliphatic rings. The second kappa shape index (κ2) is 13.9. The molecule has 0 fully saturated rings. The highest BCUT2D eigenvalue weighted by Gasteiger charge is 2.35. The molecule has 0 aliphatic carbocycles. The van der Waals surface area contributed by atoms with Crippen LogP contribution in [0.3, 0.4) is 0 Å². The van der Waals surface area contributed by atoms with Gasteiger partial charge in [0.2, 0.25) is 0 Å². The summed E-state index contributed by atoms with van der Waals surface area (Å²) in [5.41, 5.74) is 2.06. The molecule has 2 aromatic carbocycles. The standard InChI is InChI=1S/C26H36N6O11S2/c1-25(2,3)27-21(33)31(29-23(35)41-7)44(37,38)19-13-9-17(10-14-19)43-18-11-15-20(16-12-18)45(39,40)32(30-24(36)42-8)22(34)28-26(4,5)6/h9-16H,1-8H3,(H,27,33)(H,28,34)(H,29,35)(H,30,36). The SMILES string of the molecule is COC(=O)NN(C(=O)NC(C)(C)C)S(=O)(=O)c1ccc(Oc2ccc(S(=O)(=O)N(NC(=O)OC)C(=O)NC(C)(C)C)cc2)cc1. The topological polar surface area (TPSA) is 219 Å². The summed E-state index contributed by atoms with van der Waals surface area (Å²) in [5.74, 6) is 0.240. The van der Waals surface area contributed by atoms with E-state index in [0.29, 0.717) is 0 Å². The normalized spacial score (nSPS) is 11.8. The molecule has 248 valence electrons. The van der Waals surface area contributed by atoms with Crippen LogP contribution in [-0.4, -0.2) is 75.2 Å². The number of urea groups is 2. The molecule has 0 bridgehead atoms. The van der Waals surface area contributed by atoms with Crippen LogP contribution in [0.5, 0.6) is 11.5 Å². The maximum Gasteiger partial charge on any atom is 0.426 e. The highest BCUT2D eigenvalue weighted by Crippen LogP contribution is 2.26. The second-order valence-corrected chi connectivity index (χ2v) is 14.7. The third kappa shape index (κ3) is 10.1. The molecule has 2 rings (SSSR count). The van der Waals surface area contributed by atoms with Crippen LogP contribution in [0.15, 0.2) is 58.3 Å². The smallest absolute Gasteiger partial charge is 0.426 e. The Bertz CT molecular complexity index is 1490. The van der Waals surface area contributed by atoms with E-state index in [1.807, 2.05) is 10.9 Å². The lowest BCUT2D eigenvalue weighted by Crippen LogP contribution is -2.57. The average Bonchev–Trinajstić information content (AvgIpc) is 2.92. The molecule has 0 spiro atoms. The maximum atomic E-state index is 13.2. The molecule has 0 atom stereocenters. The van der Waals surface area contributed by atoms with E-state index in [0.717, 1.165) is 38.5 Å². The van der Waals surface area contributed by atoms with Crippen molar-refractivity contribution in [2.75, 3.05) is 14.2 Å². The van der Waals surface area contributed by atoms with Crippen molar-refractivity contribution in [2.45, 2.75) is 62.4 Å². The number of methoxy groups -OCH3 is 2. The highest BCUT2D eigenvalue weighted by atomic mass is 32.2. The number of hydrogen-bond donors (Lipinski definition) is 4. The van der Waals surface area contributed by atoms with Gasteiger partial charge in [0.15, 0.2) is 0 Å². The van der Waals surface area contributed by atoms with Crippen LogP contribution in [0, 0.1) is 0 Å². The fourth-order valence-corrected chi connectivity index (χ4v) is 5.45. The molecule has 0 aromatic heterocycles. The minimum absolute atomic E-state index is 0.110. The predicted molar refractivity (Wildman–Crippen MR) is 159 cm³/mol. The van der Waals surface area contributed by atoms with E-state index in [-0.39, 0.29) is 30.1 Å². The van der Waals surface area contributed by atoms with Gasteiger partial charge in [-0.1, -0.05) is 0 Å². The Morgan fingerprint density at radius 2 is 0.867 bits per heavy atom. The molecule has 4 N–H and O–H groups in total. The quantitative estimate of drug-likeness (QED) is 0.327. The van der Waals surface area contributed by atoms with E-state index in [1.54, 1.807) is 41.5 Å². The number of hydrazine groups is 2. The number of nitrogens with one attached hydrogen (secondary N) is 4. The van der Waals surface area contributed by atoms with Crippen molar-refractivity contribution < 1.29 is 50.2 Å². The van der Waals surface area contributed by atoms with Crippen LogP contribution in [-0.2, 0) is 29.5 Å². The summed E-state index contributed by atoms with van der Waals surface area (Å²) < 4.78 is 67.6. The van der Waals surface area contributed by atoms with Crippen molar-refractivity contribution >= 4 is 44.3 Å². The van der Waals surface area contributed by atoms with Gasteiger partial charge in [0.1, 0.15) is 11.5 Å². The molecule has 17 nitrogen and oxygen atoms in total. The Kier molecular flexibility index (Phi) is 11.2. The van der Waals surface area contributed by atoms with Crippen molar-refractivity contribution in [3.05, 3.63) is 48.5 Å². The summed E-state index contributed by atoms with van der Waals surface area (Å²) in [4.78, 5) is 48.2. The van der Waals surface area contributed by atoms with Gasteiger partial charge in [0.05, 0.1) is 24.0 Å². The third-order valence-electron chi connectivity index (χ3n) is 5.05. The molecular weight excluding hydrogens is 636 g/mol. The van der Waals surface area contributed by atoms with Crippen molar-refractivity contribution in [3.63, 3.8) is 0 Å². The zero-order valence-electron chi connectivity index (χ0n) is 25.8. The number of amides is 6. The fraction of sp³-hybridized carbons (Fsp3) is 0.385. The first kappa shape index (κ1) is 36.4. The molecule has 2 aromatic rings. The Balaban J connectivity index is 2.31. The highest BCUT2D eigenvalue weighted by molar-refractivity contribution is 7.90. The first-order chi connectivity index (χ1) is 20.6. The Hall–Kier alpha value is -4.78. The second-order valence-electron chi connectivity index (χ2n) is 11.2. The van der Waals surface area contributed by atoms with Crippen LogP contribution >= 0.6 is 0 Å². The molecule has 19 heteroatoms. The summed E-state index contributed by atoms with van der Waals surface area (Å²) in [6.07, 6.45) is -2.40. The van der Waals surface area contributed by atoms with Gasteiger partial charge < -0.3 is 24.8 Å². The van der Waals surface area contributed by atoms with Crippen molar-refractivity contribution in [1.82, 2.24) is 30.3 Å². The minimum atomic E-state index is -4.62. The van der Waals surface area contributed by atoms with E-state index in [4.69, 9.17) is 4.74 Å². The van der Waals surface area contributed by atoms with E-state index >= 15 is 0 Å². The number of ether oxygens (including phenoxy) is 3. The maximum absolute atomic E-state index is 13.2. The molecular formula is C26H36N6O11S2. The number of hydrogen-bond acceptors (Lipinski definition) is 11. The lowest BCUT2D eigenvalue weighted by Gasteiger charge is -2.27. The summed E-state index contributed by atoms with van der Waals surface area (Å²) in [7, 11) is -7.24. The van der Waals surface area contributed by atoms with Crippen molar-refractivity contribution in [1.29, 1.82) is 0 Å². The lowest BCUT2D eigenvalue weighted by molar-refractivity contribution is 0.148. The number of benzene rings is 2. The van der Waals surface area contributed by atoms with Gasteiger partial charge in [-0.05, 0) is 90.1 Å².